The summed E-state index contributed by atoms with van der Waals surface area (Å²) in [5.74, 6) is 0.290. The summed E-state index contributed by atoms with van der Waals surface area (Å²) in [6, 6.07) is 8.53. The van der Waals surface area contributed by atoms with E-state index in [2.05, 4.69) is 28.8 Å². The summed E-state index contributed by atoms with van der Waals surface area (Å²) in [5.41, 5.74) is 1.52. The van der Waals surface area contributed by atoms with Crippen LogP contribution >= 0.6 is 22.9 Å². The summed E-state index contributed by atoms with van der Waals surface area (Å²) in [7, 11) is 0. The molecule has 1 saturated heterocycles. The Bertz CT molecular complexity index is 669. The molecule has 140 valence electrons. The van der Waals surface area contributed by atoms with E-state index in [1.54, 1.807) is 17.0 Å². The van der Waals surface area contributed by atoms with Crippen LogP contribution in [0.25, 0.3) is 0 Å². The third kappa shape index (κ3) is 5.42. The van der Waals surface area contributed by atoms with Crippen LogP contribution in [0.4, 0.5) is 0 Å². The van der Waals surface area contributed by atoms with Crippen molar-refractivity contribution in [2.24, 2.45) is 5.92 Å². The van der Waals surface area contributed by atoms with E-state index in [1.165, 1.54) is 0 Å². The SMILES string of the molecule is CC(C)CC(NI)C(=O)N1CCCC1C(=O)NCc1ccc(C#N)cc1. The van der Waals surface area contributed by atoms with Gasteiger partial charge < -0.3 is 10.2 Å². The van der Waals surface area contributed by atoms with Crippen molar-refractivity contribution in [2.45, 2.75) is 51.7 Å². The lowest BCUT2D eigenvalue weighted by Crippen LogP contribution is -2.51. The summed E-state index contributed by atoms with van der Waals surface area (Å²) in [4.78, 5) is 27.1. The molecule has 2 unspecified atom stereocenters. The minimum atomic E-state index is -0.403. The average Bonchev–Trinajstić information content (AvgIpc) is 3.13. The fourth-order valence-corrected chi connectivity index (χ4v) is 3.69. The third-order valence-electron chi connectivity index (χ3n) is 4.53. The van der Waals surface area contributed by atoms with Crippen molar-refractivity contribution in [1.29, 1.82) is 5.26 Å². The lowest BCUT2D eigenvalue weighted by Gasteiger charge is -2.28. The van der Waals surface area contributed by atoms with Gasteiger partial charge in [-0.1, -0.05) is 26.0 Å². The Balaban J connectivity index is 1.96. The van der Waals surface area contributed by atoms with Gasteiger partial charge in [0.25, 0.3) is 0 Å². The molecule has 7 heteroatoms. The molecule has 0 aliphatic carbocycles. The molecule has 1 aliphatic heterocycles. The Morgan fingerprint density at radius 1 is 1.35 bits per heavy atom. The van der Waals surface area contributed by atoms with E-state index < -0.39 is 6.04 Å². The third-order valence-corrected chi connectivity index (χ3v) is 5.28. The molecule has 2 atom stereocenters. The lowest BCUT2D eigenvalue weighted by molar-refractivity contribution is -0.139. The van der Waals surface area contributed by atoms with E-state index >= 15 is 0 Å². The predicted molar refractivity (Wildman–Crippen MR) is 108 cm³/mol. The topological polar surface area (TPSA) is 85.2 Å². The molecule has 1 aliphatic rings. The van der Waals surface area contributed by atoms with E-state index in [4.69, 9.17) is 5.26 Å². The van der Waals surface area contributed by atoms with Crippen LogP contribution in [-0.2, 0) is 16.1 Å². The number of hydrogen-bond acceptors (Lipinski definition) is 4. The van der Waals surface area contributed by atoms with Crippen molar-refractivity contribution < 1.29 is 9.59 Å². The maximum Gasteiger partial charge on any atom is 0.243 e. The molecule has 0 radical (unpaired) electrons. The Kier molecular flexibility index (Phi) is 7.85. The highest BCUT2D eigenvalue weighted by Crippen LogP contribution is 2.21. The number of hydrogen-bond donors (Lipinski definition) is 2. The molecule has 26 heavy (non-hydrogen) atoms. The number of carbonyl (C=O) groups excluding carboxylic acids is 2. The van der Waals surface area contributed by atoms with Crippen molar-refractivity contribution >= 4 is 34.7 Å². The van der Waals surface area contributed by atoms with E-state index in [0.29, 0.717) is 31.0 Å². The number of nitrogens with one attached hydrogen (secondary N) is 2. The van der Waals surface area contributed by atoms with Gasteiger partial charge in [-0.05, 0) is 42.9 Å². The number of nitrogens with zero attached hydrogens (tertiary/aromatic N) is 2. The zero-order valence-corrected chi connectivity index (χ0v) is 17.3. The van der Waals surface area contributed by atoms with E-state index in [0.717, 1.165) is 18.4 Å². The van der Waals surface area contributed by atoms with E-state index in [-0.39, 0.29) is 17.9 Å². The molecule has 1 aromatic carbocycles. The largest absolute Gasteiger partial charge is 0.350 e. The van der Waals surface area contributed by atoms with Crippen LogP contribution in [0.5, 0.6) is 0 Å². The molecule has 2 N–H and O–H groups in total. The smallest absolute Gasteiger partial charge is 0.243 e. The van der Waals surface area contributed by atoms with E-state index in [9.17, 15) is 9.59 Å². The maximum atomic E-state index is 12.8. The van der Waals surface area contributed by atoms with Gasteiger partial charge in [0.15, 0.2) is 0 Å². The number of benzene rings is 1. The molecule has 6 nitrogen and oxygen atoms in total. The Morgan fingerprint density at radius 3 is 2.62 bits per heavy atom. The molecule has 1 fully saturated rings. The second kappa shape index (κ2) is 9.88. The van der Waals surface area contributed by atoms with E-state index in [1.807, 2.05) is 35.0 Å². The summed E-state index contributed by atoms with van der Waals surface area (Å²) in [5, 5.41) is 11.8. The first-order chi connectivity index (χ1) is 12.5. The first-order valence-corrected chi connectivity index (χ1v) is 9.97. The van der Waals surface area contributed by atoms with Crippen LogP contribution in [-0.4, -0.2) is 35.3 Å². The normalized spacial score (nSPS) is 17.8. The van der Waals surface area contributed by atoms with Crippen molar-refractivity contribution in [3.8, 4) is 6.07 Å². The highest BCUT2D eigenvalue weighted by molar-refractivity contribution is 14.1. The first-order valence-electron chi connectivity index (χ1n) is 8.89. The van der Waals surface area contributed by atoms with Gasteiger partial charge in [0.2, 0.25) is 11.8 Å². The second-order valence-electron chi connectivity index (χ2n) is 7.01. The molecule has 0 bridgehead atoms. The van der Waals surface area contributed by atoms with Crippen molar-refractivity contribution in [2.75, 3.05) is 6.54 Å². The number of halogens is 1. The molecule has 0 aromatic heterocycles. The summed E-state index contributed by atoms with van der Waals surface area (Å²) >= 11 is 2.02. The van der Waals surface area contributed by atoms with Gasteiger partial charge in [-0.3, -0.25) is 9.59 Å². The molecule has 2 amide bonds. The number of rotatable bonds is 7. The van der Waals surface area contributed by atoms with Crippen molar-refractivity contribution in [3.63, 3.8) is 0 Å². The van der Waals surface area contributed by atoms with Crippen LogP contribution in [0, 0.1) is 17.2 Å². The standard InChI is InChI=1S/C19H25IN4O2/c1-13(2)10-16(23-20)19(26)24-9-3-4-17(24)18(25)22-12-15-7-5-14(11-21)6-8-15/h5-8,13,16-17,23H,3-4,9-10,12H2,1-2H3,(H,22,25). The Morgan fingerprint density at radius 2 is 2.04 bits per heavy atom. The minimum Gasteiger partial charge on any atom is -0.350 e. The number of likely N-dealkylation sites (tertiary alicyclic amines) is 1. The van der Waals surface area contributed by atoms with Gasteiger partial charge in [-0.2, -0.15) is 5.26 Å². The first kappa shape index (κ1) is 20.6. The summed E-state index contributed by atoms with van der Waals surface area (Å²) < 4.78 is 3.06. The second-order valence-corrected chi connectivity index (χ2v) is 7.63. The van der Waals surface area contributed by atoms with Crippen LogP contribution in [0.2, 0.25) is 0 Å². The minimum absolute atomic E-state index is 0.00382. The Hall–Kier alpha value is -1.66. The lowest BCUT2D eigenvalue weighted by atomic mass is 10.0. The molecule has 1 heterocycles. The molecule has 1 aromatic rings. The maximum absolute atomic E-state index is 12.8. The van der Waals surface area contributed by atoms with Gasteiger partial charge in [0, 0.05) is 36.0 Å². The predicted octanol–water partition coefficient (Wildman–Crippen LogP) is 2.52. The van der Waals surface area contributed by atoms with Crippen LogP contribution in [0.3, 0.4) is 0 Å². The fourth-order valence-electron chi connectivity index (χ4n) is 3.17. The van der Waals surface area contributed by atoms with Crippen LogP contribution in [0.15, 0.2) is 24.3 Å². The van der Waals surface area contributed by atoms with Crippen molar-refractivity contribution in [1.82, 2.24) is 13.7 Å². The number of nitriles is 1. The van der Waals surface area contributed by atoms with Crippen LogP contribution in [0.1, 0.15) is 44.2 Å². The molecular formula is C19H25IN4O2. The van der Waals surface area contributed by atoms with Gasteiger partial charge in [-0.25, -0.2) is 3.53 Å². The highest BCUT2D eigenvalue weighted by atomic mass is 127. The molecule has 0 saturated carbocycles. The summed E-state index contributed by atoms with van der Waals surface area (Å²) in [6.07, 6.45) is 2.29. The molecule has 0 spiro atoms. The average molecular weight is 468 g/mol. The molecular weight excluding hydrogens is 443 g/mol. The molecule has 2 rings (SSSR count). The zero-order valence-electron chi connectivity index (χ0n) is 15.2. The highest BCUT2D eigenvalue weighted by Gasteiger charge is 2.36. The summed E-state index contributed by atoms with van der Waals surface area (Å²) in [6.45, 7) is 5.18. The van der Waals surface area contributed by atoms with Gasteiger partial charge in [0.1, 0.15) is 6.04 Å². The van der Waals surface area contributed by atoms with Crippen LogP contribution < -0.4 is 8.85 Å². The van der Waals surface area contributed by atoms with Gasteiger partial charge in [0.05, 0.1) is 17.7 Å². The zero-order chi connectivity index (χ0) is 19.1. The van der Waals surface area contributed by atoms with Gasteiger partial charge >= 0.3 is 0 Å². The fraction of sp³-hybridized carbons (Fsp3) is 0.526. The van der Waals surface area contributed by atoms with Crippen molar-refractivity contribution in [3.05, 3.63) is 35.4 Å². The van der Waals surface area contributed by atoms with Gasteiger partial charge in [-0.15, -0.1) is 0 Å². The Labute approximate surface area is 168 Å². The number of carbonyl (C=O) groups is 2. The number of amides is 2. The monoisotopic (exact) mass is 468 g/mol. The quantitative estimate of drug-likeness (QED) is 0.476.